The van der Waals surface area contributed by atoms with E-state index >= 15 is 0 Å². The highest BCUT2D eigenvalue weighted by atomic mass is 32.2. The summed E-state index contributed by atoms with van der Waals surface area (Å²) in [5, 5.41) is 3.12. The van der Waals surface area contributed by atoms with Crippen molar-refractivity contribution in [1.29, 1.82) is 0 Å². The van der Waals surface area contributed by atoms with Crippen LogP contribution in [0.3, 0.4) is 0 Å². The van der Waals surface area contributed by atoms with Crippen LogP contribution in [0.2, 0.25) is 0 Å². The van der Waals surface area contributed by atoms with Crippen molar-refractivity contribution in [3.8, 4) is 0 Å². The summed E-state index contributed by atoms with van der Waals surface area (Å²) in [4.78, 5) is 24.3. The molecule has 2 amide bonds. The lowest BCUT2D eigenvalue weighted by atomic mass is 10.0. The molecule has 0 fully saturated rings. The van der Waals surface area contributed by atoms with Crippen molar-refractivity contribution >= 4 is 32.9 Å². The number of hydrogen-bond donors (Lipinski definition) is 2. The molecule has 170 valence electrons. The lowest BCUT2D eigenvalue weighted by Crippen LogP contribution is -2.47. The van der Waals surface area contributed by atoms with Crippen LogP contribution in [0.1, 0.15) is 31.9 Å². The van der Waals surface area contributed by atoms with Crippen molar-refractivity contribution in [2.75, 3.05) is 0 Å². The van der Waals surface area contributed by atoms with Crippen LogP contribution in [-0.2, 0) is 26.0 Å². The van der Waals surface area contributed by atoms with Crippen molar-refractivity contribution < 1.29 is 22.7 Å². The maximum absolute atomic E-state index is 13.3. The minimum atomic E-state index is -3.88. The lowest BCUT2D eigenvalue weighted by molar-refractivity contribution is -0.120. The van der Waals surface area contributed by atoms with E-state index in [2.05, 4.69) is 5.32 Å². The van der Waals surface area contributed by atoms with Gasteiger partial charge < -0.3 is 15.8 Å². The zero-order valence-electron chi connectivity index (χ0n) is 18.5. The first kappa shape index (κ1) is 23.3. The average Bonchev–Trinajstić information content (AvgIpc) is 3.06. The zero-order valence-corrected chi connectivity index (χ0v) is 19.3. The third-order valence-corrected chi connectivity index (χ3v) is 6.48. The molecular weight excluding hydrogens is 430 g/mol. The predicted octanol–water partition coefficient (Wildman–Crippen LogP) is 3.11. The SMILES string of the molecule is Cc1ccc(S(=O)(=O)n2cc(CC(NC(=O)OC(C)(C)C)C(N)=O)c3ccccc32)cc1. The van der Waals surface area contributed by atoms with Gasteiger partial charge in [-0.05, 0) is 51.5 Å². The molecule has 1 heterocycles. The third kappa shape index (κ3) is 5.11. The van der Waals surface area contributed by atoms with Crippen molar-refractivity contribution in [1.82, 2.24) is 9.29 Å². The molecule has 8 nitrogen and oxygen atoms in total. The van der Waals surface area contributed by atoms with Gasteiger partial charge in [0.05, 0.1) is 10.4 Å². The topological polar surface area (TPSA) is 120 Å². The van der Waals surface area contributed by atoms with Crippen LogP contribution in [-0.4, -0.2) is 36.0 Å². The van der Waals surface area contributed by atoms with Gasteiger partial charge in [0, 0.05) is 18.0 Å². The molecule has 1 unspecified atom stereocenters. The number of aryl methyl sites for hydroxylation is 1. The quantitative estimate of drug-likeness (QED) is 0.589. The molecule has 0 aliphatic heterocycles. The number of nitrogens with one attached hydrogen (secondary N) is 1. The lowest BCUT2D eigenvalue weighted by Gasteiger charge is -2.22. The molecule has 0 aliphatic rings. The molecule has 3 N–H and O–H groups in total. The summed E-state index contributed by atoms with van der Waals surface area (Å²) in [5.74, 6) is -0.755. The highest BCUT2D eigenvalue weighted by Crippen LogP contribution is 2.27. The maximum atomic E-state index is 13.3. The van der Waals surface area contributed by atoms with Gasteiger partial charge >= 0.3 is 6.09 Å². The second-order valence-corrected chi connectivity index (χ2v) is 10.4. The molecule has 1 atom stereocenters. The van der Waals surface area contributed by atoms with Crippen LogP contribution in [0.4, 0.5) is 4.79 Å². The van der Waals surface area contributed by atoms with Crippen LogP contribution in [0.25, 0.3) is 10.9 Å². The second kappa shape index (κ2) is 8.66. The van der Waals surface area contributed by atoms with Crippen LogP contribution in [0.5, 0.6) is 0 Å². The summed E-state index contributed by atoms with van der Waals surface area (Å²) in [7, 11) is -3.88. The van der Waals surface area contributed by atoms with Gasteiger partial charge in [0.1, 0.15) is 11.6 Å². The molecular formula is C23H27N3O5S. The van der Waals surface area contributed by atoms with Crippen LogP contribution in [0.15, 0.2) is 59.6 Å². The third-order valence-electron chi connectivity index (χ3n) is 4.80. The Morgan fingerprint density at radius 1 is 1.09 bits per heavy atom. The van der Waals surface area contributed by atoms with E-state index in [9.17, 15) is 18.0 Å². The number of fused-ring (bicyclic) bond motifs is 1. The number of carbonyl (C=O) groups is 2. The first-order chi connectivity index (χ1) is 14.9. The van der Waals surface area contributed by atoms with Gasteiger partial charge in [-0.15, -0.1) is 0 Å². The van der Waals surface area contributed by atoms with Crippen LogP contribution >= 0.6 is 0 Å². The van der Waals surface area contributed by atoms with Crippen molar-refractivity contribution in [2.24, 2.45) is 5.73 Å². The molecule has 1 aromatic heterocycles. The molecule has 3 rings (SSSR count). The van der Waals surface area contributed by atoms with E-state index in [0.29, 0.717) is 16.5 Å². The van der Waals surface area contributed by atoms with E-state index in [-0.39, 0.29) is 11.3 Å². The Hall–Kier alpha value is -3.33. The molecule has 32 heavy (non-hydrogen) atoms. The second-order valence-electron chi connectivity index (χ2n) is 8.59. The Morgan fingerprint density at radius 2 is 1.72 bits per heavy atom. The van der Waals surface area contributed by atoms with E-state index in [0.717, 1.165) is 5.56 Å². The van der Waals surface area contributed by atoms with Crippen molar-refractivity contribution in [2.45, 2.75) is 50.7 Å². The summed E-state index contributed by atoms with van der Waals surface area (Å²) in [5.41, 5.74) is 6.72. The number of ether oxygens (including phenoxy) is 1. The Balaban J connectivity index is 2.00. The number of para-hydroxylation sites is 1. The zero-order chi connectivity index (χ0) is 23.7. The monoisotopic (exact) mass is 457 g/mol. The number of nitrogens with two attached hydrogens (primary N) is 1. The van der Waals surface area contributed by atoms with Crippen LogP contribution < -0.4 is 11.1 Å². The normalized spacial score (nSPS) is 13.0. The summed E-state index contributed by atoms with van der Waals surface area (Å²) < 4.78 is 33.0. The number of nitrogens with zero attached hydrogens (tertiary/aromatic N) is 1. The van der Waals surface area contributed by atoms with Gasteiger partial charge in [-0.25, -0.2) is 17.2 Å². The predicted molar refractivity (Wildman–Crippen MR) is 122 cm³/mol. The molecule has 9 heteroatoms. The standard InChI is InChI=1S/C23H27N3O5S/c1-15-9-11-17(12-10-15)32(29,30)26-14-16(18-7-5-6-8-20(18)26)13-19(21(24)27)25-22(28)31-23(2,3)4/h5-12,14,19H,13H2,1-4H3,(H2,24,27)(H,25,28). The summed E-state index contributed by atoms with van der Waals surface area (Å²) in [6.45, 7) is 6.99. The van der Waals surface area contributed by atoms with Gasteiger partial charge in [-0.1, -0.05) is 35.9 Å². The number of primary amides is 1. The fourth-order valence-corrected chi connectivity index (χ4v) is 4.69. The van der Waals surface area contributed by atoms with Crippen LogP contribution in [0, 0.1) is 6.92 Å². The highest BCUT2D eigenvalue weighted by Gasteiger charge is 2.26. The first-order valence-corrected chi connectivity index (χ1v) is 11.5. The summed E-state index contributed by atoms with van der Waals surface area (Å²) >= 11 is 0. The summed E-state index contributed by atoms with van der Waals surface area (Å²) in [6.07, 6.45) is 0.690. The van der Waals surface area contributed by atoms with E-state index in [4.69, 9.17) is 10.5 Å². The molecule has 0 saturated carbocycles. The highest BCUT2D eigenvalue weighted by molar-refractivity contribution is 7.90. The smallest absolute Gasteiger partial charge is 0.408 e. The van der Waals surface area contributed by atoms with E-state index in [1.54, 1.807) is 69.3 Å². The molecule has 3 aromatic rings. The van der Waals surface area contributed by atoms with E-state index in [1.807, 2.05) is 6.92 Å². The van der Waals surface area contributed by atoms with E-state index < -0.39 is 33.7 Å². The largest absolute Gasteiger partial charge is 0.444 e. The van der Waals surface area contributed by atoms with Crippen molar-refractivity contribution in [3.63, 3.8) is 0 Å². The molecule has 0 aliphatic carbocycles. The molecule has 0 radical (unpaired) electrons. The Morgan fingerprint density at radius 3 is 2.31 bits per heavy atom. The van der Waals surface area contributed by atoms with Gasteiger partial charge in [0.2, 0.25) is 5.91 Å². The minimum absolute atomic E-state index is 0.00546. The Labute approximate surface area is 187 Å². The van der Waals surface area contributed by atoms with Crippen molar-refractivity contribution in [3.05, 3.63) is 65.9 Å². The number of aromatic nitrogens is 1. The first-order valence-electron chi connectivity index (χ1n) is 10.1. The molecule has 0 saturated heterocycles. The fraction of sp³-hybridized carbons (Fsp3) is 0.304. The van der Waals surface area contributed by atoms with Gasteiger partial charge in [0.15, 0.2) is 0 Å². The molecule has 0 spiro atoms. The Kier molecular flexibility index (Phi) is 6.32. The number of benzene rings is 2. The average molecular weight is 458 g/mol. The number of alkyl carbamates (subject to hydrolysis) is 1. The van der Waals surface area contributed by atoms with Gasteiger partial charge in [-0.3, -0.25) is 4.79 Å². The molecule has 0 bridgehead atoms. The van der Waals surface area contributed by atoms with Gasteiger partial charge in [-0.2, -0.15) is 0 Å². The minimum Gasteiger partial charge on any atom is -0.444 e. The number of hydrogen-bond acceptors (Lipinski definition) is 5. The molecule has 2 aromatic carbocycles. The van der Waals surface area contributed by atoms with E-state index in [1.165, 1.54) is 10.2 Å². The number of amides is 2. The Bertz CT molecular complexity index is 1260. The van der Waals surface area contributed by atoms with Gasteiger partial charge in [0.25, 0.3) is 10.0 Å². The summed E-state index contributed by atoms with van der Waals surface area (Å²) in [6, 6.07) is 12.4. The fourth-order valence-electron chi connectivity index (χ4n) is 3.30. The number of rotatable bonds is 6. The maximum Gasteiger partial charge on any atom is 0.408 e. The number of carbonyl (C=O) groups excluding carboxylic acids is 2.